The predicted molar refractivity (Wildman–Crippen MR) is 101 cm³/mol. The van der Waals surface area contributed by atoms with Crippen LogP contribution in [0.3, 0.4) is 0 Å². The molecule has 0 radical (unpaired) electrons. The van der Waals surface area contributed by atoms with Crippen molar-refractivity contribution in [3.8, 4) is 5.69 Å². The molecule has 144 valence electrons. The smallest absolute Gasteiger partial charge is 0.313 e. The van der Waals surface area contributed by atoms with Gasteiger partial charge in [0.05, 0.1) is 24.1 Å². The first-order valence-corrected chi connectivity index (χ1v) is 9.14. The van der Waals surface area contributed by atoms with Gasteiger partial charge in [-0.1, -0.05) is 0 Å². The Morgan fingerprint density at radius 3 is 2.68 bits per heavy atom. The van der Waals surface area contributed by atoms with E-state index in [2.05, 4.69) is 15.6 Å². The number of amides is 2. The van der Waals surface area contributed by atoms with Gasteiger partial charge in [-0.3, -0.25) is 9.59 Å². The van der Waals surface area contributed by atoms with Crippen LogP contribution in [0.25, 0.3) is 5.69 Å². The van der Waals surface area contributed by atoms with Gasteiger partial charge in [0.15, 0.2) is 0 Å². The summed E-state index contributed by atoms with van der Waals surface area (Å²) in [4.78, 5) is 28.8. The summed E-state index contributed by atoms with van der Waals surface area (Å²) >= 11 is 0. The molecule has 3 aromatic rings. The predicted octanol–water partition coefficient (Wildman–Crippen LogP) is 2.66. The lowest BCUT2D eigenvalue weighted by atomic mass is 10.1. The number of nitrogens with zero attached hydrogens (tertiary/aromatic N) is 3. The number of imidazole rings is 1. The molecule has 1 aliphatic carbocycles. The third-order valence-electron chi connectivity index (χ3n) is 5.00. The van der Waals surface area contributed by atoms with Crippen molar-refractivity contribution in [2.24, 2.45) is 0 Å². The second kappa shape index (κ2) is 7.67. The van der Waals surface area contributed by atoms with Gasteiger partial charge in [-0.2, -0.15) is 0 Å². The fraction of sp³-hybridized carbons (Fsp3) is 0.250. The summed E-state index contributed by atoms with van der Waals surface area (Å²) in [5.74, 6) is -1.90. The SMILES string of the molecule is O=C(Nc1ccc(F)c(-n2cccc2)c1)C(=O)N[C@H]1CCC[C@@H]1n1ccnc1. The molecule has 0 saturated heterocycles. The van der Waals surface area contributed by atoms with Crippen molar-refractivity contribution in [2.75, 3.05) is 5.32 Å². The quantitative estimate of drug-likeness (QED) is 0.682. The first-order valence-electron chi connectivity index (χ1n) is 9.14. The molecule has 2 aromatic heterocycles. The van der Waals surface area contributed by atoms with E-state index >= 15 is 0 Å². The van der Waals surface area contributed by atoms with Gasteiger partial charge in [-0.05, 0) is 49.6 Å². The van der Waals surface area contributed by atoms with Gasteiger partial charge in [0.2, 0.25) is 0 Å². The maximum atomic E-state index is 14.1. The fourth-order valence-corrected chi connectivity index (χ4v) is 3.64. The number of carbonyl (C=O) groups excluding carboxylic acids is 2. The molecule has 1 aliphatic rings. The first kappa shape index (κ1) is 18.0. The number of hydrogen-bond donors (Lipinski definition) is 2. The summed E-state index contributed by atoms with van der Waals surface area (Å²) in [5.41, 5.74) is 0.641. The Morgan fingerprint density at radius 1 is 1.11 bits per heavy atom. The van der Waals surface area contributed by atoms with E-state index in [1.165, 1.54) is 18.2 Å². The van der Waals surface area contributed by atoms with Crippen LogP contribution in [-0.2, 0) is 9.59 Å². The zero-order valence-electron chi connectivity index (χ0n) is 15.1. The highest BCUT2D eigenvalue weighted by Gasteiger charge is 2.31. The number of aromatic nitrogens is 3. The summed E-state index contributed by atoms with van der Waals surface area (Å²) in [6.07, 6.45) is 11.4. The number of nitrogens with one attached hydrogen (secondary N) is 2. The van der Waals surface area contributed by atoms with Crippen molar-refractivity contribution < 1.29 is 14.0 Å². The van der Waals surface area contributed by atoms with Gasteiger partial charge in [-0.15, -0.1) is 0 Å². The van der Waals surface area contributed by atoms with Crippen LogP contribution in [0.1, 0.15) is 25.3 Å². The molecule has 1 saturated carbocycles. The summed E-state index contributed by atoms with van der Waals surface area (Å²) in [7, 11) is 0. The molecule has 2 atom stereocenters. The third kappa shape index (κ3) is 3.66. The number of hydrogen-bond acceptors (Lipinski definition) is 3. The lowest BCUT2D eigenvalue weighted by Crippen LogP contribution is -2.43. The highest BCUT2D eigenvalue weighted by Crippen LogP contribution is 2.29. The molecule has 2 N–H and O–H groups in total. The molecule has 1 aromatic carbocycles. The van der Waals surface area contributed by atoms with E-state index in [9.17, 15) is 14.0 Å². The Balaban J connectivity index is 1.42. The largest absolute Gasteiger partial charge is 0.343 e. The van der Waals surface area contributed by atoms with Crippen molar-refractivity contribution in [2.45, 2.75) is 31.3 Å². The Kier molecular flexibility index (Phi) is 4.92. The standard InChI is InChI=1S/C20H20FN5O2/c21-15-7-6-14(12-18(15)25-9-1-2-10-25)23-19(27)20(28)24-16-4-3-5-17(16)26-11-8-22-13-26/h1-2,6-13,16-17H,3-5H2,(H,23,27)(H,24,28)/t16-,17-/m0/s1. The minimum atomic E-state index is -0.777. The van der Waals surface area contributed by atoms with Crippen molar-refractivity contribution in [3.05, 3.63) is 67.3 Å². The van der Waals surface area contributed by atoms with Crippen LogP contribution >= 0.6 is 0 Å². The van der Waals surface area contributed by atoms with Crippen LogP contribution in [0.4, 0.5) is 10.1 Å². The lowest BCUT2D eigenvalue weighted by molar-refractivity contribution is -0.136. The summed E-state index contributed by atoms with van der Waals surface area (Å²) < 4.78 is 17.6. The van der Waals surface area contributed by atoms with Gasteiger partial charge < -0.3 is 19.8 Å². The molecule has 28 heavy (non-hydrogen) atoms. The Hall–Kier alpha value is -3.42. The highest BCUT2D eigenvalue weighted by atomic mass is 19.1. The van der Waals surface area contributed by atoms with Gasteiger partial charge >= 0.3 is 11.8 Å². The minimum Gasteiger partial charge on any atom is -0.343 e. The van der Waals surface area contributed by atoms with Crippen LogP contribution in [0.2, 0.25) is 0 Å². The second-order valence-corrected chi connectivity index (χ2v) is 6.80. The van der Waals surface area contributed by atoms with Gasteiger partial charge in [0.1, 0.15) is 5.82 Å². The Morgan fingerprint density at radius 2 is 1.93 bits per heavy atom. The average molecular weight is 381 g/mol. The lowest BCUT2D eigenvalue weighted by Gasteiger charge is -2.21. The molecule has 7 nitrogen and oxygen atoms in total. The molecule has 2 heterocycles. The van der Waals surface area contributed by atoms with E-state index in [1.54, 1.807) is 41.6 Å². The average Bonchev–Trinajstić information content (AvgIpc) is 3.45. The molecule has 0 unspecified atom stereocenters. The van der Waals surface area contributed by atoms with Crippen molar-refractivity contribution in [1.82, 2.24) is 19.4 Å². The number of carbonyl (C=O) groups is 2. The van der Waals surface area contributed by atoms with Gasteiger partial charge in [0.25, 0.3) is 0 Å². The zero-order valence-corrected chi connectivity index (χ0v) is 15.1. The normalized spacial score (nSPS) is 18.8. The minimum absolute atomic E-state index is 0.0883. The molecule has 0 bridgehead atoms. The van der Waals surface area contributed by atoms with E-state index in [0.717, 1.165) is 19.3 Å². The monoisotopic (exact) mass is 381 g/mol. The van der Waals surface area contributed by atoms with Crippen LogP contribution in [0.5, 0.6) is 0 Å². The van der Waals surface area contributed by atoms with Gasteiger partial charge in [-0.25, -0.2) is 9.37 Å². The van der Waals surface area contributed by atoms with Crippen LogP contribution < -0.4 is 10.6 Å². The molecular weight excluding hydrogens is 361 g/mol. The molecule has 1 fully saturated rings. The summed E-state index contributed by atoms with van der Waals surface area (Å²) in [5, 5.41) is 5.36. The first-order chi connectivity index (χ1) is 13.6. The number of rotatable bonds is 4. The summed E-state index contributed by atoms with van der Waals surface area (Å²) in [6, 6.07) is 7.69. The molecule has 4 rings (SSSR count). The maximum Gasteiger partial charge on any atom is 0.313 e. The van der Waals surface area contributed by atoms with E-state index in [1.807, 2.05) is 10.8 Å². The molecule has 0 aliphatic heterocycles. The fourth-order valence-electron chi connectivity index (χ4n) is 3.64. The van der Waals surface area contributed by atoms with Crippen molar-refractivity contribution in [1.29, 1.82) is 0 Å². The van der Waals surface area contributed by atoms with E-state index in [0.29, 0.717) is 11.4 Å². The molecule has 8 heteroatoms. The van der Waals surface area contributed by atoms with E-state index in [-0.39, 0.29) is 12.1 Å². The third-order valence-corrected chi connectivity index (χ3v) is 5.00. The summed E-state index contributed by atoms with van der Waals surface area (Å²) in [6.45, 7) is 0. The highest BCUT2D eigenvalue weighted by molar-refractivity contribution is 6.39. The zero-order chi connectivity index (χ0) is 19.5. The Labute approximate surface area is 161 Å². The molecule has 0 spiro atoms. The van der Waals surface area contributed by atoms with Crippen molar-refractivity contribution in [3.63, 3.8) is 0 Å². The topological polar surface area (TPSA) is 81.0 Å². The number of halogens is 1. The Bertz CT molecular complexity index is 969. The maximum absolute atomic E-state index is 14.1. The van der Waals surface area contributed by atoms with Gasteiger partial charge in [0, 0.05) is 30.5 Å². The molecule has 2 amide bonds. The number of anilines is 1. The van der Waals surface area contributed by atoms with Crippen LogP contribution in [-0.4, -0.2) is 32.0 Å². The van der Waals surface area contributed by atoms with Crippen LogP contribution in [0, 0.1) is 5.82 Å². The second-order valence-electron chi connectivity index (χ2n) is 6.80. The van der Waals surface area contributed by atoms with Crippen LogP contribution in [0.15, 0.2) is 61.4 Å². The number of benzene rings is 1. The van der Waals surface area contributed by atoms with E-state index in [4.69, 9.17) is 0 Å². The molecular formula is C20H20FN5O2. The van der Waals surface area contributed by atoms with E-state index < -0.39 is 17.6 Å². The van der Waals surface area contributed by atoms with Crippen molar-refractivity contribution >= 4 is 17.5 Å².